The van der Waals surface area contributed by atoms with Crippen LogP contribution in [-0.4, -0.2) is 21.4 Å². The van der Waals surface area contributed by atoms with Gasteiger partial charge in [0.1, 0.15) is 11.4 Å². The van der Waals surface area contributed by atoms with Gasteiger partial charge in [-0.15, -0.1) is 0 Å². The van der Waals surface area contributed by atoms with Crippen molar-refractivity contribution in [3.05, 3.63) is 86.8 Å². The van der Waals surface area contributed by atoms with Crippen molar-refractivity contribution in [2.24, 2.45) is 0 Å². The van der Waals surface area contributed by atoms with Gasteiger partial charge in [-0.3, -0.25) is 19.3 Å². The molecular formula is C20H16N4O4. The molecule has 0 amide bonds. The molecule has 8 nitrogen and oxygen atoms in total. The number of rotatable bonds is 5. The summed E-state index contributed by atoms with van der Waals surface area (Å²) in [7, 11) is 1.62. The predicted octanol–water partition coefficient (Wildman–Crippen LogP) is 3.38. The van der Waals surface area contributed by atoms with Gasteiger partial charge in [0.15, 0.2) is 0 Å². The van der Waals surface area contributed by atoms with Gasteiger partial charge >= 0.3 is 11.2 Å². The summed E-state index contributed by atoms with van der Waals surface area (Å²) in [4.78, 5) is 27.4. The van der Waals surface area contributed by atoms with Gasteiger partial charge in [0, 0.05) is 12.7 Å². The number of aromatic nitrogens is 2. The number of methoxy groups -OCH3 is 1. The molecule has 2 aromatic carbocycles. The summed E-state index contributed by atoms with van der Waals surface area (Å²) in [6, 6.07) is 16.5. The topological polar surface area (TPSA) is 98.8 Å². The number of nitrogens with zero attached hydrogens (tertiary/aromatic N) is 3. The van der Waals surface area contributed by atoms with Gasteiger partial charge in [-0.1, -0.05) is 24.3 Å². The molecule has 1 N–H and O–H groups in total. The number of nitro groups is 1. The van der Waals surface area contributed by atoms with Crippen LogP contribution in [0.5, 0.6) is 5.75 Å². The Morgan fingerprint density at radius 3 is 2.71 bits per heavy atom. The van der Waals surface area contributed by atoms with E-state index in [1.165, 1.54) is 6.20 Å². The highest BCUT2D eigenvalue weighted by Gasteiger charge is 2.23. The fourth-order valence-electron chi connectivity index (χ4n) is 3.06. The third-order valence-corrected chi connectivity index (χ3v) is 4.46. The molecule has 4 aromatic rings. The first-order chi connectivity index (χ1) is 13.6. The lowest BCUT2D eigenvalue weighted by atomic mass is 10.1. The molecule has 4 rings (SSSR count). The van der Waals surface area contributed by atoms with Crippen molar-refractivity contribution in [2.45, 2.75) is 6.54 Å². The van der Waals surface area contributed by atoms with Gasteiger partial charge in [-0.25, -0.2) is 4.98 Å². The van der Waals surface area contributed by atoms with Crippen LogP contribution < -0.4 is 15.6 Å². The van der Waals surface area contributed by atoms with E-state index in [2.05, 4.69) is 10.3 Å². The smallest absolute Gasteiger partial charge is 0.376 e. The fraction of sp³-hybridized carbons (Fsp3) is 0.100. The van der Waals surface area contributed by atoms with Crippen molar-refractivity contribution in [1.82, 2.24) is 9.38 Å². The molecule has 0 fully saturated rings. The standard InChI is InChI=1S/C20H16N4O4/c1-28-16-8-7-14-10-13(5-6-15(14)11-16)12-21-19-18(24(26)27)20(25)23-9-3-2-4-17(23)22-19/h2-11,21H,12H2,1H3. The predicted molar refractivity (Wildman–Crippen MR) is 106 cm³/mol. The molecule has 28 heavy (non-hydrogen) atoms. The molecule has 0 unspecified atom stereocenters. The summed E-state index contributed by atoms with van der Waals surface area (Å²) in [5, 5.41) is 16.4. The maximum atomic E-state index is 12.5. The zero-order chi connectivity index (χ0) is 19.7. The van der Waals surface area contributed by atoms with Crippen LogP contribution in [0.3, 0.4) is 0 Å². The van der Waals surface area contributed by atoms with E-state index in [1.807, 2.05) is 36.4 Å². The molecule has 2 heterocycles. The number of benzene rings is 2. The second-order valence-corrected chi connectivity index (χ2v) is 6.20. The molecule has 0 saturated carbocycles. The Morgan fingerprint density at radius 1 is 1.14 bits per heavy atom. The summed E-state index contributed by atoms with van der Waals surface area (Å²) >= 11 is 0. The van der Waals surface area contributed by atoms with Crippen LogP contribution in [0.25, 0.3) is 16.4 Å². The Bertz CT molecular complexity index is 1270. The number of ether oxygens (including phenoxy) is 1. The first-order valence-corrected chi connectivity index (χ1v) is 8.53. The highest BCUT2D eigenvalue weighted by Crippen LogP contribution is 2.23. The molecule has 8 heteroatoms. The Hall–Kier alpha value is -3.94. The van der Waals surface area contributed by atoms with Gasteiger partial charge in [0.2, 0.25) is 5.82 Å². The SMILES string of the molecule is COc1ccc2cc(CNc3nc4ccccn4c(=O)c3[N+](=O)[O-])ccc2c1. The molecule has 0 spiro atoms. The van der Waals surface area contributed by atoms with Crippen molar-refractivity contribution >= 4 is 27.9 Å². The van der Waals surface area contributed by atoms with E-state index < -0.39 is 16.2 Å². The Kier molecular flexibility index (Phi) is 4.36. The molecule has 0 atom stereocenters. The van der Waals surface area contributed by atoms with Crippen molar-refractivity contribution in [2.75, 3.05) is 12.4 Å². The summed E-state index contributed by atoms with van der Waals surface area (Å²) in [5.41, 5.74) is -0.0498. The molecule has 0 radical (unpaired) electrons. The third-order valence-electron chi connectivity index (χ3n) is 4.46. The van der Waals surface area contributed by atoms with Gasteiger partial charge < -0.3 is 10.1 Å². The second kappa shape index (κ2) is 6.99. The highest BCUT2D eigenvalue weighted by molar-refractivity contribution is 5.84. The number of pyridine rings is 1. The number of hydrogen-bond acceptors (Lipinski definition) is 6. The van der Waals surface area contributed by atoms with Gasteiger partial charge in [-0.2, -0.15) is 0 Å². The first kappa shape index (κ1) is 17.5. The molecule has 140 valence electrons. The Morgan fingerprint density at radius 2 is 1.93 bits per heavy atom. The van der Waals surface area contributed by atoms with E-state index in [1.54, 1.807) is 25.3 Å². The second-order valence-electron chi connectivity index (χ2n) is 6.20. The largest absolute Gasteiger partial charge is 0.497 e. The lowest BCUT2D eigenvalue weighted by Crippen LogP contribution is -2.21. The summed E-state index contributed by atoms with van der Waals surface area (Å²) in [6.45, 7) is 0.290. The maximum Gasteiger partial charge on any atom is 0.376 e. The van der Waals surface area contributed by atoms with Gasteiger partial charge in [0.25, 0.3) is 0 Å². The summed E-state index contributed by atoms with van der Waals surface area (Å²) in [5.74, 6) is 0.728. The van der Waals surface area contributed by atoms with Crippen LogP contribution in [0.4, 0.5) is 11.5 Å². The van der Waals surface area contributed by atoms with E-state index in [0.29, 0.717) is 5.65 Å². The summed E-state index contributed by atoms with van der Waals surface area (Å²) in [6.07, 6.45) is 1.46. The van der Waals surface area contributed by atoms with E-state index in [0.717, 1.165) is 26.5 Å². The van der Waals surface area contributed by atoms with Crippen LogP contribution >= 0.6 is 0 Å². The average Bonchev–Trinajstić information content (AvgIpc) is 2.71. The molecular weight excluding hydrogens is 360 g/mol. The lowest BCUT2D eigenvalue weighted by Gasteiger charge is -2.09. The summed E-state index contributed by atoms with van der Waals surface area (Å²) < 4.78 is 6.38. The van der Waals surface area contributed by atoms with Crippen molar-refractivity contribution in [1.29, 1.82) is 0 Å². The van der Waals surface area contributed by atoms with Crippen molar-refractivity contribution in [3.8, 4) is 5.75 Å². The number of anilines is 1. The monoisotopic (exact) mass is 376 g/mol. The molecule has 0 saturated heterocycles. The number of nitrogens with one attached hydrogen (secondary N) is 1. The average molecular weight is 376 g/mol. The fourth-order valence-corrected chi connectivity index (χ4v) is 3.06. The Balaban J connectivity index is 1.68. The van der Waals surface area contributed by atoms with Crippen LogP contribution in [0.15, 0.2) is 65.6 Å². The van der Waals surface area contributed by atoms with E-state index in [9.17, 15) is 14.9 Å². The van der Waals surface area contributed by atoms with E-state index >= 15 is 0 Å². The van der Waals surface area contributed by atoms with E-state index in [-0.39, 0.29) is 12.4 Å². The van der Waals surface area contributed by atoms with E-state index in [4.69, 9.17) is 4.74 Å². The minimum atomic E-state index is -0.719. The van der Waals surface area contributed by atoms with Crippen molar-refractivity contribution in [3.63, 3.8) is 0 Å². The third kappa shape index (κ3) is 3.11. The van der Waals surface area contributed by atoms with Crippen LogP contribution in [0.2, 0.25) is 0 Å². The molecule has 0 aliphatic rings. The maximum absolute atomic E-state index is 12.5. The van der Waals surface area contributed by atoms with Gasteiger partial charge in [-0.05, 0) is 46.7 Å². The van der Waals surface area contributed by atoms with Crippen LogP contribution in [-0.2, 0) is 6.54 Å². The minimum absolute atomic E-state index is 0.0453. The molecule has 2 aromatic heterocycles. The molecule has 0 aliphatic carbocycles. The minimum Gasteiger partial charge on any atom is -0.497 e. The lowest BCUT2D eigenvalue weighted by molar-refractivity contribution is -0.385. The zero-order valence-corrected chi connectivity index (χ0v) is 15.0. The Labute approximate surface area is 159 Å². The first-order valence-electron chi connectivity index (χ1n) is 8.53. The number of fused-ring (bicyclic) bond motifs is 2. The molecule has 0 aliphatic heterocycles. The van der Waals surface area contributed by atoms with Gasteiger partial charge in [0.05, 0.1) is 12.0 Å². The van der Waals surface area contributed by atoms with Crippen molar-refractivity contribution < 1.29 is 9.66 Å². The normalized spacial score (nSPS) is 10.9. The quantitative estimate of drug-likeness (QED) is 0.423. The zero-order valence-electron chi connectivity index (χ0n) is 15.0. The van der Waals surface area contributed by atoms with Crippen LogP contribution in [0.1, 0.15) is 5.56 Å². The molecule has 0 bridgehead atoms. The highest BCUT2D eigenvalue weighted by atomic mass is 16.6. The number of hydrogen-bond donors (Lipinski definition) is 1. The van der Waals surface area contributed by atoms with Crippen LogP contribution in [0, 0.1) is 10.1 Å².